The Balaban J connectivity index is 1.83. The molecular weight excluding hydrogens is 394 g/mol. The predicted molar refractivity (Wildman–Crippen MR) is 119 cm³/mol. The second-order valence-corrected chi connectivity index (χ2v) is 7.45. The van der Waals surface area contributed by atoms with Crippen molar-refractivity contribution in [3.63, 3.8) is 0 Å². The number of aryl methyl sites for hydroxylation is 2. The maximum absolute atomic E-state index is 13.5. The molecule has 8 nitrogen and oxygen atoms in total. The van der Waals surface area contributed by atoms with E-state index in [4.69, 9.17) is 9.47 Å². The van der Waals surface area contributed by atoms with Gasteiger partial charge in [-0.05, 0) is 38.5 Å². The van der Waals surface area contributed by atoms with Gasteiger partial charge < -0.3 is 20.1 Å². The number of hydrogen-bond donors (Lipinski definition) is 2. The normalized spacial score (nSPS) is 15.2. The lowest BCUT2D eigenvalue weighted by molar-refractivity contribution is -0.113. The molecule has 31 heavy (non-hydrogen) atoms. The van der Waals surface area contributed by atoms with Crippen molar-refractivity contribution >= 4 is 17.5 Å². The van der Waals surface area contributed by atoms with Crippen molar-refractivity contribution in [2.24, 2.45) is 0 Å². The number of rotatable bonds is 5. The van der Waals surface area contributed by atoms with Gasteiger partial charge in [-0.1, -0.05) is 29.8 Å². The Kier molecular flexibility index (Phi) is 5.37. The van der Waals surface area contributed by atoms with Crippen molar-refractivity contribution in [1.82, 2.24) is 14.8 Å². The molecule has 3 aromatic rings. The lowest BCUT2D eigenvalue weighted by Crippen LogP contribution is -2.32. The fraction of sp³-hybridized carbons (Fsp3) is 0.261. The molecule has 0 spiro atoms. The highest BCUT2D eigenvalue weighted by Crippen LogP contribution is 2.42. The van der Waals surface area contributed by atoms with Crippen molar-refractivity contribution in [1.29, 1.82) is 0 Å². The number of methoxy groups -OCH3 is 2. The summed E-state index contributed by atoms with van der Waals surface area (Å²) in [5.74, 6) is 1.44. The van der Waals surface area contributed by atoms with Gasteiger partial charge in [0.15, 0.2) is 11.5 Å². The van der Waals surface area contributed by atoms with Crippen LogP contribution in [0.3, 0.4) is 0 Å². The molecule has 1 aliphatic heterocycles. The van der Waals surface area contributed by atoms with Crippen molar-refractivity contribution in [2.45, 2.75) is 26.8 Å². The molecule has 4 rings (SSSR count). The van der Waals surface area contributed by atoms with Gasteiger partial charge in [-0.15, -0.1) is 0 Å². The Morgan fingerprint density at radius 1 is 1.13 bits per heavy atom. The summed E-state index contributed by atoms with van der Waals surface area (Å²) >= 11 is 0. The lowest BCUT2D eigenvalue weighted by atomic mass is 9.93. The van der Waals surface area contributed by atoms with Gasteiger partial charge in [0.05, 0.1) is 19.8 Å². The molecule has 2 aromatic carbocycles. The highest BCUT2D eigenvalue weighted by molar-refractivity contribution is 6.06. The first-order valence-corrected chi connectivity index (χ1v) is 9.91. The van der Waals surface area contributed by atoms with Gasteiger partial charge in [-0.3, -0.25) is 4.79 Å². The summed E-state index contributed by atoms with van der Waals surface area (Å²) in [4.78, 5) is 17.8. The monoisotopic (exact) mass is 419 g/mol. The number of anilines is 2. The predicted octanol–water partition coefficient (Wildman–Crippen LogP) is 3.84. The van der Waals surface area contributed by atoms with Gasteiger partial charge in [0.2, 0.25) is 5.95 Å². The van der Waals surface area contributed by atoms with Crippen LogP contribution < -0.4 is 20.1 Å². The van der Waals surface area contributed by atoms with Crippen LogP contribution in [0.4, 0.5) is 11.6 Å². The standard InChI is InChI=1S/C23H25N5O3/c1-13-9-10-17(14(2)11-13)27-22(29)19-15(3)26-23-24-12-25-28(23)20(19)16-7-6-8-18(30-4)21(16)31-5/h6-12,20H,1-5H3,(H,27,29)(H,24,25,26)/t20-/m0/s1. The van der Waals surface area contributed by atoms with Crippen LogP contribution in [-0.2, 0) is 4.79 Å². The molecule has 8 heteroatoms. The molecule has 1 aromatic heterocycles. The molecule has 1 atom stereocenters. The fourth-order valence-electron chi connectivity index (χ4n) is 3.94. The van der Waals surface area contributed by atoms with Crippen LogP contribution >= 0.6 is 0 Å². The lowest BCUT2D eigenvalue weighted by Gasteiger charge is -2.30. The number of aromatic nitrogens is 3. The van der Waals surface area contributed by atoms with Gasteiger partial charge in [-0.2, -0.15) is 10.1 Å². The third kappa shape index (κ3) is 3.61. The molecule has 2 N–H and O–H groups in total. The first kappa shape index (κ1) is 20.5. The van der Waals surface area contributed by atoms with Crippen molar-refractivity contribution in [3.05, 3.63) is 70.7 Å². The third-order valence-electron chi connectivity index (χ3n) is 5.40. The minimum Gasteiger partial charge on any atom is -0.493 e. The van der Waals surface area contributed by atoms with E-state index in [9.17, 15) is 4.79 Å². The average Bonchev–Trinajstić information content (AvgIpc) is 3.21. The van der Waals surface area contributed by atoms with Crippen LogP contribution in [0.2, 0.25) is 0 Å². The highest BCUT2D eigenvalue weighted by atomic mass is 16.5. The highest BCUT2D eigenvalue weighted by Gasteiger charge is 2.36. The Labute approximate surface area is 180 Å². The maximum atomic E-state index is 13.5. The number of amides is 1. The van der Waals surface area contributed by atoms with Crippen molar-refractivity contribution < 1.29 is 14.3 Å². The SMILES string of the molecule is COc1cccc([C@H]2C(C(=O)Nc3ccc(C)cc3C)=C(C)Nc3ncnn32)c1OC. The smallest absolute Gasteiger partial charge is 0.255 e. The summed E-state index contributed by atoms with van der Waals surface area (Å²) in [7, 11) is 3.16. The number of allylic oxidation sites excluding steroid dienone is 1. The minimum atomic E-state index is -0.547. The van der Waals surface area contributed by atoms with Crippen LogP contribution in [-0.4, -0.2) is 34.9 Å². The zero-order valence-electron chi connectivity index (χ0n) is 18.2. The Morgan fingerprint density at radius 2 is 1.94 bits per heavy atom. The van der Waals surface area contributed by atoms with Crippen LogP contribution in [0.5, 0.6) is 11.5 Å². The van der Waals surface area contributed by atoms with Gasteiger partial charge in [0.1, 0.15) is 12.4 Å². The zero-order valence-corrected chi connectivity index (χ0v) is 18.2. The van der Waals surface area contributed by atoms with E-state index < -0.39 is 6.04 Å². The van der Waals surface area contributed by atoms with Crippen LogP contribution in [0.15, 0.2) is 54.0 Å². The first-order valence-electron chi connectivity index (χ1n) is 9.91. The van der Waals surface area contributed by atoms with Gasteiger partial charge in [0.25, 0.3) is 5.91 Å². The zero-order chi connectivity index (χ0) is 22.1. The quantitative estimate of drug-likeness (QED) is 0.653. The Morgan fingerprint density at radius 3 is 2.65 bits per heavy atom. The maximum Gasteiger partial charge on any atom is 0.255 e. The van der Waals surface area contributed by atoms with E-state index in [0.717, 1.165) is 22.4 Å². The van der Waals surface area contributed by atoms with E-state index in [1.54, 1.807) is 18.9 Å². The van der Waals surface area contributed by atoms with Crippen LogP contribution in [0.25, 0.3) is 0 Å². The second kappa shape index (κ2) is 8.14. The fourth-order valence-corrected chi connectivity index (χ4v) is 3.94. The van der Waals surface area contributed by atoms with E-state index in [0.29, 0.717) is 28.7 Å². The number of hydrogen-bond acceptors (Lipinski definition) is 6. The molecule has 1 amide bonds. The molecule has 0 aliphatic carbocycles. The average molecular weight is 419 g/mol. The van der Waals surface area contributed by atoms with E-state index in [1.807, 2.05) is 57.2 Å². The third-order valence-corrected chi connectivity index (χ3v) is 5.40. The molecule has 1 aliphatic rings. The number of carbonyl (C=O) groups is 1. The van der Waals surface area contributed by atoms with E-state index in [-0.39, 0.29) is 5.91 Å². The molecule has 0 radical (unpaired) electrons. The largest absolute Gasteiger partial charge is 0.493 e. The molecule has 0 fully saturated rings. The number of benzene rings is 2. The number of nitrogens with one attached hydrogen (secondary N) is 2. The summed E-state index contributed by atoms with van der Waals surface area (Å²) in [6.07, 6.45) is 1.46. The number of fused-ring (bicyclic) bond motifs is 1. The minimum absolute atomic E-state index is 0.229. The van der Waals surface area contributed by atoms with E-state index in [1.165, 1.54) is 6.33 Å². The molecule has 0 saturated heterocycles. The summed E-state index contributed by atoms with van der Waals surface area (Å²) in [5, 5.41) is 10.6. The topological polar surface area (TPSA) is 90.3 Å². The van der Waals surface area contributed by atoms with Gasteiger partial charge in [0, 0.05) is 16.9 Å². The van der Waals surface area contributed by atoms with Gasteiger partial charge >= 0.3 is 0 Å². The van der Waals surface area contributed by atoms with Crippen LogP contribution in [0, 0.1) is 13.8 Å². The molecule has 0 unspecified atom stereocenters. The summed E-state index contributed by atoms with van der Waals surface area (Å²) in [5.41, 5.74) is 4.85. The van der Waals surface area contributed by atoms with E-state index in [2.05, 4.69) is 20.7 Å². The summed E-state index contributed by atoms with van der Waals surface area (Å²) in [6.45, 7) is 5.85. The molecular formula is C23H25N5O3. The van der Waals surface area contributed by atoms with E-state index >= 15 is 0 Å². The second-order valence-electron chi connectivity index (χ2n) is 7.45. The molecule has 0 bridgehead atoms. The number of ether oxygens (including phenoxy) is 2. The van der Waals surface area contributed by atoms with Gasteiger partial charge in [-0.25, -0.2) is 4.68 Å². The summed E-state index contributed by atoms with van der Waals surface area (Å²) in [6, 6.07) is 11.0. The number of para-hydroxylation sites is 1. The number of nitrogens with zero attached hydrogens (tertiary/aromatic N) is 3. The molecule has 0 saturated carbocycles. The Bertz CT molecular complexity index is 1180. The Hall–Kier alpha value is -3.81. The van der Waals surface area contributed by atoms with Crippen molar-refractivity contribution in [3.8, 4) is 11.5 Å². The van der Waals surface area contributed by atoms with Crippen molar-refractivity contribution in [2.75, 3.05) is 24.9 Å². The first-order chi connectivity index (χ1) is 14.9. The number of carbonyl (C=O) groups excluding carboxylic acids is 1. The molecule has 160 valence electrons. The molecule has 2 heterocycles. The summed E-state index contributed by atoms with van der Waals surface area (Å²) < 4.78 is 12.8. The van der Waals surface area contributed by atoms with Crippen LogP contribution in [0.1, 0.15) is 29.7 Å².